The average Bonchev–Trinajstić information content (AvgIpc) is 2.92. The van der Waals surface area contributed by atoms with Crippen LogP contribution >= 0.6 is 0 Å². The lowest BCUT2D eigenvalue weighted by molar-refractivity contribution is 0.340. The Labute approximate surface area is 130 Å². The zero-order valence-corrected chi connectivity index (χ0v) is 13.1. The molecule has 2 heterocycles. The Bertz CT molecular complexity index is 831. The van der Waals surface area contributed by atoms with E-state index in [2.05, 4.69) is 20.5 Å². The molecule has 3 aromatic rings. The van der Waals surface area contributed by atoms with Crippen LogP contribution in [0.25, 0.3) is 10.9 Å². The van der Waals surface area contributed by atoms with Crippen molar-refractivity contribution in [1.82, 2.24) is 15.2 Å². The van der Waals surface area contributed by atoms with Gasteiger partial charge in [-0.25, -0.2) is 4.98 Å². The molecule has 0 aliphatic heterocycles. The van der Waals surface area contributed by atoms with Crippen LogP contribution in [0.1, 0.15) is 6.92 Å². The molecule has 0 aliphatic carbocycles. The second-order valence-corrected chi connectivity index (χ2v) is 5.98. The van der Waals surface area contributed by atoms with Crippen LogP contribution in [0.2, 0.25) is 0 Å². The molecule has 0 saturated heterocycles. The van der Waals surface area contributed by atoms with E-state index in [-0.39, 0.29) is 0 Å². The van der Waals surface area contributed by atoms with Gasteiger partial charge < -0.3 is 10.1 Å². The van der Waals surface area contributed by atoms with E-state index in [9.17, 15) is 4.21 Å². The lowest BCUT2D eigenvalue weighted by Gasteiger charge is -2.11. The van der Waals surface area contributed by atoms with Gasteiger partial charge in [0, 0.05) is 17.7 Å². The standard InChI is InChI=1S/C15H16N4O2S/c1-3-21-13-8-14(22(2)20)16-9-12(13)17-15-10-6-4-5-7-11(10)18-19-15/h4-9H,3H2,1-2H3,(H2,17,18,19). The number of ether oxygens (including phenoxy) is 1. The Morgan fingerprint density at radius 1 is 1.36 bits per heavy atom. The van der Waals surface area contributed by atoms with E-state index in [1.54, 1.807) is 18.5 Å². The number of nitrogens with zero attached hydrogens (tertiary/aromatic N) is 2. The zero-order valence-electron chi connectivity index (χ0n) is 12.3. The normalized spacial score (nSPS) is 12.3. The third-order valence-corrected chi connectivity index (χ3v) is 3.97. The van der Waals surface area contributed by atoms with Gasteiger partial charge in [0.25, 0.3) is 0 Å². The number of pyridine rings is 1. The van der Waals surface area contributed by atoms with Gasteiger partial charge in [0.15, 0.2) is 5.82 Å². The Balaban J connectivity index is 1.99. The van der Waals surface area contributed by atoms with Crippen LogP contribution in [0.15, 0.2) is 41.6 Å². The topological polar surface area (TPSA) is 79.9 Å². The van der Waals surface area contributed by atoms with E-state index in [1.807, 2.05) is 31.2 Å². The maximum absolute atomic E-state index is 11.6. The molecule has 2 N–H and O–H groups in total. The van der Waals surface area contributed by atoms with Crippen molar-refractivity contribution in [1.29, 1.82) is 0 Å². The molecule has 1 aromatic carbocycles. The predicted molar refractivity (Wildman–Crippen MR) is 87.1 cm³/mol. The highest BCUT2D eigenvalue weighted by atomic mass is 32.2. The Kier molecular flexibility index (Phi) is 4.06. The molecule has 0 fully saturated rings. The first kappa shape index (κ1) is 14.5. The zero-order chi connectivity index (χ0) is 15.5. The van der Waals surface area contributed by atoms with Crippen LogP contribution in [0.5, 0.6) is 5.75 Å². The summed E-state index contributed by atoms with van der Waals surface area (Å²) in [4.78, 5) is 4.20. The second kappa shape index (κ2) is 6.15. The number of aromatic amines is 1. The van der Waals surface area contributed by atoms with Crippen molar-refractivity contribution >= 4 is 33.2 Å². The fourth-order valence-electron chi connectivity index (χ4n) is 2.13. The number of para-hydroxylation sites is 1. The number of hydrogen-bond acceptors (Lipinski definition) is 5. The van der Waals surface area contributed by atoms with E-state index in [4.69, 9.17) is 4.74 Å². The quantitative estimate of drug-likeness (QED) is 0.756. The predicted octanol–water partition coefficient (Wildman–Crippen LogP) is 2.84. The molecule has 0 bridgehead atoms. The van der Waals surface area contributed by atoms with Crippen molar-refractivity contribution in [3.8, 4) is 5.75 Å². The summed E-state index contributed by atoms with van der Waals surface area (Å²) in [5.74, 6) is 1.30. The fourth-order valence-corrected chi connectivity index (χ4v) is 2.61. The number of benzene rings is 1. The van der Waals surface area contributed by atoms with Gasteiger partial charge in [0.2, 0.25) is 0 Å². The Morgan fingerprint density at radius 2 is 2.18 bits per heavy atom. The first-order valence-electron chi connectivity index (χ1n) is 6.85. The van der Waals surface area contributed by atoms with Gasteiger partial charge in [-0.1, -0.05) is 12.1 Å². The van der Waals surface area contributed by atoms with E-state index in [0.717, 1.165) is 10.9 Å². The molecule has 2 aromatic heterocycles. The molecule has 114 valence electrons. The van der Waals surface area contributed by atoms with Crippen LogP contribution in [0.3, 0.4) is 0 Å². The summed E-state index contributed by atoms with van der Waals surface area (Å²) in [6.45, 7) is 2.41. The maximum atomic E-state index is 11.6. The summed E-state index contributed by atoms with van der Waals surface area (Å²) < 4.78 is 17.2. The SMILES string of the molecule is CCOc1cc(S(C)=O)ncc1Nc1n[nH]c2ccccc12. The Morgan fingerprint density at radius 3 is 2.95 bits per heavy atom. The minimum absolute atomic E-state index is 0.487. The number of fused-ring (bicyclic) bond motifs is 1. The number of nitrogens with one attached hydrogen (secondary N) is 2. The molecule has 0 saturated carbocycles. The van der Waals surface area contributed by atoms with Crippen LogP contribution in [-0.2, 0) is 10.8 Å². The molecule has 22 heavy (non-hydrogen) atoms. The molecule has 0 aliphatic rings. The lowest BCUT2D eigenvalue weighted by Crippen LogP contribution is -2.02. The number of H-pyrrole nitrogens is 1. The number of anilines is 2. The summed E-state index contributed by atoms with van der Waals surface area (Å²) in [5, 5.41) is 11.9. The van der Waals surface area contributed by atoms with Gasteiger partial charge in [0.1, 0.15) is 16.5 Å². The first-order chi connectivity index (χ1) is 10.7. The summed E-state index contributed by atoms with van der Waals surface area (Å²) in [7, 11) is -1.15. The minimum atomic E-state index is -1.15. The lowest BCUT2D eigenvalue weighted by atomic mass is 10.2. The molecule has 7 heteroatoms. The molecular weight excluding hydrogens is 300 g/mol. The monoisotopic (exact) mass is 316 g/mol. The van der Waals surface area contributed by atoms with Crippen molar-refractivity contribution in [3.63, 3.8) is 0 Å². The van der Waals surface area contributed by atoms with Gasteiger partial charge in [-0.15, -0.1) is 0 Å². The molecule has 1 unspecified atom stereocenters. The molecule has 6 nitrogen and oxygen atoms in total. The summed E-state index contributed by atoms with van der Waals surface area (Å²) in [6, 6.07) is 9.52. The second-order valence-electron chi connectivity index (χ2n) is 4.65. The first-order valence-corrected chi connectivity index (χ1v) is 8.41. The molecular formula is C15H16N4O2S. The van der Waals surface area contributed by atoms with Crippen molar-refractivity contribution in [2.75, 3.05) is 18.2 Å². The number of rotatable bonds is 5. The third-order valence-electron chi connectivity index (χ3n) is 3.16. The van der Waals surface area contributed by atoms with Gasteiger partial charge in [-0.05, 0) is 19.1 Å². The number of aromatic nitrogens is 3. The summed E-state index contributed by atoms with van der Waals surface area (Å²) >= 11 is 0. The smallest absolute Gasteiger partial charge is 0.160 e. The largest absolute Gasteiger partial charge is 0.492 e. The van der Waals surface area contributed by atoms with Crippen molar-refractivity contribution in [3.05, 3.63) is 36.5 Å². The van der Waals surface area contributed by atoms with Crippen molar-refractivity contribution in [2.24, 2.45) is 0 Å². The molecule has 1 atom stereocenters. The average molecular weight is 316 g/mol. The highest BCUT2D eigenvalue weighted by molar-refractivity contribution is 7.84. The van der Waals surface area contributed by atoms with Gasteiger partial charge in [0.05, 0.1) is 29.1 Å². The molecule has 0 radical (unpaired) electrons. The number of hydrogen-bond donors (Lipinski definition) is 2. The summed E-state index contributed by atoms with van der Waals surface area (Å²) in [5.41, 5.74) is 1.63. The van der Waals surface area contributed by atoms with Crippen molar-refractivity contribution < 1.29 is 8.95 Å². The van der Waals surface area contributed by atoms with Gasteiger partial charge in [-0.3, -0.25) is 9.31 Å². The maximum Gasteiger partial charge on any atom is 0.160 e. The third kappa shape index (κ3) is 2.80. The van der Waals surface area contributed by atoms with Crippen molar-refractivity contribution in [2.45, 2.75) is 11.9 Å². The van der Waals surface area contributed by atoms with Crippen LogP contribution in [-0.4, -0.2) is 32.3 Å². The van der Waals surface area contributed by atoms with E-state index < -0.39 is 10.8 Å². The van der Waals surface area contributed by atoms with E-state index in [0.29, 0.717) is 28.9 Å². The minimum Gasteiger partial charge on any atom is -0.492 e. The van der Waals surface area contributed by atoms with Crippen LogP contribution < -0.4 is 10.1 Å². The highest BCUT2D eigenvalue weighted by Gasteiger charge is 2.12. The molecule has 3 rings (SSSR count). The highest BCUT2D eigenvalue weighted by Crippen LogP contribution is 2.30. The van der Waals surface area contributed by atoms with E-state index >= 15 is 0 Å². The summed E-state index contributed by atoms with van der Waals surface area (Å²) in [6.07, 6.45) is 3.21. The molecule has 0 spiro atoms. The van der Waals surface area contributed by atoms with Crippen LogP contribution in [0.4, 0.5) is 11.5 Å². The van der Waals surface area contributed by atoms with E-state index in [1.165, 1.54) is 0 Å². The Hall–Kier alpha value is -2.41. The molecule has 0 amide bonds. The van der Waals surface area contributed by atoms with Gasteiger partial charge >= 0.3 is 0 Å². The fraction of sp³-hybridized carbons (Fsp3) is 0.200. The van der Waals surface area contributed by atoms with Crippen LogP contribution in [0, 0.1) is 0 Å². The van der Waals surface area contributed by atoms with Gasteiger partial charge in [-0.2, -0.15) is 5.10 Å².